The first-order valence-corrected chi connectivity index (χ1v) is 7.42. The van der Waals surface area contributed by atoms with Gasteiger partial charge >= 0.3 is 0 Å². The van der Waals surface area contributed by atoms with Gasteiger partial charge in [-0.2, -0.15) is 0 Å². The number of carbonyl (C=O) groups excluding carboxylic acids is 1. The number of fused-ring (bicyclic) bond motifs is 1. The van der Waals surface area contributed by atoms with Crippen LogP contribution < -0.4 is 10.2 Å². The maximum Gasteiger partial charge on any atom is 0.246 e. The van der Waals surface area contributed by atoms with Crippen LogP contribution in [0.5, 0.6) is 5.75 Å². The summed E-state index contributed by atoms with van der Waals surface area (Å²) in [5.41, 5.74) is 4.55. The van der Waals surface area contributed by atoms with E-state index in [2.05, 4.69) is 17.4 Å². The number of hydroxylamine groups is 1. The minimum atomic E-state index is -0.0122. The number of benzene rings is 1. The largest absolute Gasteiger partial charge is 0.494 e. The second kappa shape index (κ2) is 6.18. The van der Waals surface area contributed by atoms with E-state index in [4.69, 9.17) is 9.57 Å². The van der Waals surface area contributed by atoms with Gasteiger partial charge in [-0.15, -0.1) is 0 Å². The fourth-order valence-electron chi connectivity index (χ4n) is 2.20. The van der Waals surface area contributed by atoms with E-state index in [9.17, 15) is 4.79 Å². The number of aromatic amines is 1. The monoisotopic (exact) mass is 288 g/mol. The van der Waals surface area contributed by atoms with Gasteiger partial charge in [0.25, 0.3) is 0 Å². The van der Waals surface area contributed by atoms with Gasteiger partial charge in [0, 0.05) is 28.6 Å². The van der Waals surface area contributed by atoms with Crippen molar-refractivity contribution < 1.29 is 14.4 Å². The lowest BCUT2D eigenvalue weighted by Gasteiger charge is -2.06. The molecule has 5 nitrogen and oxygen atoms in total. The lowest BCUT2D eigenvalue weighted by molar-refractivity contribution is -0.135. The molecule has 5 heteroatoms. The molecule has 0 bridgehead atoms. The van der Waals surface area contributed by atoms with Crippen molar-refractivity contribution >= 4 is 16.8 Å². The van der Waals surface area contributed by atoms with Crippen molar-refractivity contribution in [3.63, 3.8) is 0 Å². The first kappa shape index (κ1) is 13.9. The Morgan fingerprint density at radius 1 is 1.43 bits per heavy atom. The SMILES string of the molecule is CCCOc1ccc2[nH]cc(CONC(=O)C3CC3)c2c1. The minimum absolute atomic E-state index is 0.0122. The summed E-state index contributed by atoms with van der Waals surface area (Å²) >= 11 is 0. The molecule has 21 heavy (non-hydrogen) atoms. The maximum absolute atomic E-state index is 11.5. The molecule has 0 atom stereocenters. The number of nitrogens with one attached hydrogen (secondary N) is 2. The average molecular weight is 288 g/mol. The molecule has 1 fully saturated rings. The molecule has 0 spiro atoms. The average Bonchev–Trinajstić information content (AvgIpc) is 3.28. The van der Waals surface area contributed by atoms with Crippen molar-refractivity contribution in [3.05, 3.63) is 30.0 Å². The second-order valence-corrected chi connectivity index (χ2v) is 5.40. The van der Waals surface area contributed by atoms with E-state index in [1.165, 1.54) is 0 Å². The van der Waals surface area contributed by atoms with Crippen LogP contribution in [0.25, 0.3) is 10.9 Å². The molecule has 1 aromatic carbocycles. The quantitative estimate of drug-likeness (QED) is 0.770. The van der Waals surface area contributed by atoms with Crippen LogP contribution in [0, 0.1) is 5.92 Å². The van der Waals surface area contributed by atoms with Crippen molar-refractivity contribution in [2.75, 3.05) is 6.61 Å². The summed E-state index contributed by atoms with van der Waals surface area (Å²) in [5.74, 6) is 0.996. The summed E-state index contributed by atoms with van der Waals surface area (Å²) in [4.78, 5) is 20.0. The molecule has 1 amide bonds. The molecule has 1 aromatic heterocycles. The number of rotatable bonds is 7. The summed E-state index contributed by atoms with van der Waals surface area (Å²) in [7, 11) is 0. The highest BCUT2D eigenvalue weighted by molar-refractivity contribution is 5.84. The van der Waals surface area contributed by atoms with E-state index in [1.54, 1.807) is 0 Å². The Labute approximate surface area is 123 Å². The predicted molar refractivity (Wildman–Crippen MR) is 79.7 cm³/mol. The third-order valence-electron chi connectivity index (χ3n) is 3.56. The zero-order valence-corrected chi connectivity index (χ0v) is 12.1. The number of amides is 1. The fourth-order valence-corrected chi connectivity index (χ4v) is 2.20. The molecule has 0 unspecified atom stereocenters. The number of hydrogen-bond donors (Lipinski definition) is 2. The molecule has 3 rings (SSSR count). The van der Waals surface area contributed by atoms with Gasteiger partial charge in [-0.25, -0.2) is 5.48 Å². The summed E-state index contributed by atoms with van der Waals surface area (Å²) in [5, 5.41) is 1.06. The molecule has 112 valence electrons. The van der Waals surface area contributed by atoms with Crippen LogP contribution in [-0.2, 0) is 16.2 Å². The number of hydrogen-bond acceptors (Lipinski definition) is 3. The van der Waals surface area contributed by atoms with Crippen LogP contribution in [0.3, 0.4) is 0 Å². The van der Waals surface area contributed by atoms with Crippen molar-refractivity contribution in [3.8, 4) is 5.75 Å². The summed E-state index contributed by atoms with van der Waals surface area (Å²) < 4.78 is 5.65. The molecule has 0 aliphatic heterocycles. The summed E-state index contributed by atoms with van der Waals surface area (Å²) in [6.07, 6.45) is 4.83. The molecule has 1 saturated carbocycles. The Bertz CT molecular complexity index is 631. The van der Waals surface area contributed by atoms with Crippen LogP contribution in [0.2, 0.25) is 0 Å². The lowest BCUT2D eigenvalue weighted by Crippen LogP contribution is -2.24. The molecule has 2 N–H and O–H groups in total. The third-order valence-corrected chi connectivity index (χ3v) is 3.56. The zero-order chi connectivity index (χ0) is 14.7. The highest BCUT2D eigenvalue weighted by Gasteiger charge is 2.29. The fraction of sp³-hybridized carbons (Fsp3) is 0.438. The minimum Gasteiger partial charge on any atom is -0.494 e. The van der Waals surface area contributed by atoms with E-state index in [1.807, 2.05) is 24.4 Å². The molecular weight excluding hydrogens is 268 g/mol. The highest BCUT2D eigenvalue weighted by Crippen LogP contribution is 2.29. The molecule has 1 aliphatic rings. The molecule has 2 aromatic rings. The highest BCUT2D eigenvalue weighted by atomic mass is 16.6. The topological polar surface area (TPSA) is 63.4 Å². The number of H-pyrrole nitrogens is 1. The third kappa shape index (κ3) is 3.36. The molecule has 0 saturated heterocycles. The molecule has 0 radical (unpaired) electrons. The first-order chi connectivity index (χ1) is 10.3. The van der Waals surface area contributed by atoms with Crippen LogP contribution in [0.15, 0.2) is 24.4 Å². The van der Waals surface area contributed by atoms with Crippen LogP contribution in [-0.4, -0.2) is 17.5 Å². The van der Waals surface area contributed by atoms with E-state index in [0.717, 1.165) is 41.5 Å². The van der Waals surface area contributed by atoms with Crippen LogP contribution >= 0.6 is 0 Å². The van der Waals surface area contributed by atoms with Crippen molar-refractivity contribution in [1.29, 1.82) is 0 Å². The molecule has 1 aliphatic carbocycles. The Morgan fingerprint density at radius 2 is 2.29 bits per heavy atom. The van der Waals surface area contributed by atoms with Gasteiger partial charge in [0.1, 0.15) is 12.4 Å². The number of carbonyl (C=O) groups is 1. The summed E-state index contributed by atoms with van der Waals surface area (Å²) in [6, 6.07) is 5.95. The van der Waals surface area contributed by atoms with Gasteiger partial charge in [-0.05, 0) is 37.5 Å². The van der Waals surface area contributed by atoms with Crippen molar-refractivity contribution in [1.82, 2.24) is 10.5 Å². The van der Waals surface area contributed by atoms with Crippen molar-refractivity contribution in [2.24, 2.45) is 5.92 Å². The van der Waals surface area contributed by atoms with Gasteiger partial charge < -0.3 is 9.72 Å². The van der Waals surface area contributed by atoms with E-state index in [-0.39, 0.29) is 11.8 Å². The second-order valence-electron chi connectivity index (χ2n) is 5.40. The van der Waals surface area contributed by atoms with Gasteiger partial charge in [0.2, 0.25) is 5.91 Å². The van der Waals surface area contributed by atoms with Crippen LogP contribution in [0.4, 0.5) is 0 Å². The Hall–Kier alpha value is -2.01. The van der Waals surface area contributed by atoms with Gasteiger partial charge in [-0.3, -0.25) is 9.63 Å². The molecular formula is C16H20N2O3. The number of ether oxygens (including phenoxy) is 1. The predicted octanol–water partition coefficient (Wildman–Crippen LogP) is 2.91. The number of aromatic nitrogens is 1. The Kier molecular flexibility index (Phi) is 4.10. The summed E-state index contributed by atoms with van der Waals surface area (Å²) in [6.45, 7) is 3.13. The van der Waals surface area contributed by atoms with Gasteiger partial charge in [-0.1, -0.05) is 6.92 Å². The Balaban J connectivity index is 1.64. The zero-order valence-electron chi connectivity index (χ0n) is 12.1. The van der Waals surface area contributed by atoms with Crippen LogP contribution in [0.1, 0.15) is 31.7 Å². The normalized spacial score (nSPS) is 14.3. The standard InChI is InChI=1S/C16H20N2O3/c1-2-7-20-13-5-6-15-14(8-13)12(9-17-15)10-21-18-16(19)11-3-4-11/h5-6,8-9,11,17H,2-4,7,10H2,1H3,(H,18,19). The van der Waals surface area contributed by atoms with Gasteiger partial charge in [0.05, 0.1) is 6.61 Å². The van der Waals surface area contributed by atoms with Crippen molar-refractivity contribution in [2.45, 2.75) is 32.8 Å². The van der Waals surface area contributed by atoms with E-state index < -0.39 is 0 Å². The smallest absolute Gasteiger partial charge is 0.246 e. The first-order valence-electron chi connectivity index (χ1n) is 7.42. The van der Waals surface area contributed by atoms with Gasteiger partial charge in [0.15, 0.2) is 0 Å². The lowest BCUT2D eigenvalue weighted by atomic mass is 10.2. The van der Waals surface area contributed by atoms with E-state index in [0.29, 0.717) is 13.2 Å². The maximum atomic E-state index is 11.5. The van der Waals surface area contributed by atoms with E-state index >= 15 is 0 Å². The molecule has 1 heterocycles. The Morgan fingerprint density at radius 3 is 3.05 bits per heavy atom.